The zero-order chi connectivity index (χ0) is 18.2. The van der Waals surface area contributed by atoms with Crippen molar-refractivity contribution in [3.63, 3.8) is 0 Å². The number of rotatable bonds is 4. The van der Waals surface area contributed by atoms with Gasteiger partial charge in [-0.3, -0.25) is 10.1 Å². The van der Waals surface area contributed by atoms with Crippen LogP contribution in [0.5, 0.6) is 0 Å². The lowest BCUT2D eigenvalue weighted by molar-refractivity contribution is 0.752. The van der Waals surface area contributed by atoms with Crippen molar-refractivity contribution in [2.24, 2.45) is 0 Å². The van der Waals surface area contributed by atoms with Gasteiger partial charge in [0.25, 0.3) is 0 Å². The SMILES string of the molecule is Cc1c(-c2ccn[nH]2)sc2c(NC3CCCC3)nc(-c3ccncc3)nc12. The smallest absolute Gasteiger partial charge is 0.162 e. The van der Waals surface area contributed by atoms with Gasteiger partial charge in [0, 0.05) is 30.2 Å². The van der Waals surface area contributed by atoms with Crippen molar-refractivity contribution in [2.75, 3.05) is 5.32 Å². The predicted octanol–water partition coefficient (Wildman–Crippen LogP) is 4.81. The highest BCUT2D eigenvalue weighted by molar-refractivity contribution is 7.23. The Balaban J connectivity index is 1.70. The maximum absolute atomic E-state index is 4.91. The van der Waals surface area contributed by atoms with Crippen LogP contribution in [0.1, 0.15) is 31.2 Å². The van der Waals surface area contributed by atoms with Crippen LogP contribution in [0.2, 0.25) is 0 Å². The van der Waals surface area contributed by atoms with Crippen LogP contribution in [0.4, 0.5) is 5.82 Å². The van der Waals surface area contributed by atoms with E-state index in [-0.39, 0.29) is 0 Å². The molecule has 0 bridgehead atoms. The molecule has 0 aromatic carbocycles. The molecule has 136 valence electrons. The fraction of sp³-hybridized carbons (Fsp3) is 0.300. The first-order chi connectivity index (χ1) is 13.3. The van der Waals surface area contributed by atoms with Gasteiger partial charge in [-0.1, -0.05) is 12.8 Å². The summed E-state index contributed by atoms with van der Waals surface area (Å²) in [7, 11) is 0. The molecule has 2 N–H and O–H groups in total. The Morgan fingerprint density at radius 1 is 1.07 bits per heavy atom. The first kappa shape index (κ1) is 16.4. The molecule has 1 fully saturated rings. The lowest BCUT2D eigenvalue weighted by Gasteiger charge is -2.14. The molecule has 4 aromatic rings. The number of nitrogens with zero attached hydrogens (tertiary/aromatic N) is 4. The highest BCUT2D eigenvalue weighted by Crippen LogP contribution is 2.40. The lowest BCUT2D eigenvalue weighted by atomic mass is 10.2. The average molecular weight is 376 g/mol. The molecule has 4 aromatic heterocycles. The number of aryl methyl sites for hydroxylation is 1. The Kier molecular flexibility index (Phi) is 4.09. The van der Waals surface area contributed by atoms with E-state index in [1.54, 1.807) is 29.9 Å². The standard InChI is InChI=1S/C20H20N6S/c1-12-16-18(27-17(12)15-8-11-22-26-15)20(23-14-4-2-3-5-14)25-19(24-16)13-6-9-21-10-7-13/h6-11,14H,2-5H2,1H3,(H,22,26)(H,23,24,25). The summed E-state index contributed by atoms with van der Waals surface area (Å²) in [5.74, 6) is 1.68. The van der Waals surface area contributed by atoms with E-state index in [9.17, 15) is 0 Å². The minimum atomic E-state index is 0.492. The largest absolute Gasteiger partial charge is 0.366 e. The van der Waals surface area contributed by atoms with E-state index in [1.165, 1.54) is 25.7 Å². The highest BCUT2D eigenvalue weighted by Gasteiger charge is 2.21. The Hall–Kier alpha value is -2.80. The first-order valence-corrected chi connectivity index (χ1v) is 10.1. The summed E-state index contributed by atoms with van der Waals surface area (Å²) < 4.78 is 1.11. The topological polar surface area (TPSA) is 79.4 Å². The number of hydrogen-bond acceptors (Lipinski definition) is 6. The maximum atomic E-state index is 4.91. The summed E-state index contributed by atoms with van der Waals surface area (Å²) in [5.41, 5.74) is 4.17. The Bertz CT molecular complexity index is 1070. The van der Waals surface area contributed by atoms with Crippen molar-refractivity contribution in [2.45, 2.75) is 38.6 Å². The number of aromatic amines is 1. The highest BCUT2D eigenvalue weighted by atomic mass is 32.1. The van der Waals surface area contributed by atoms with Crippen molar-refractivity contribution in [3.05, 3.63) is 42.4 Å². The molecule has 0 unspecified atom stereocenters. The monoisotopic (exact) mass is 376 g/mol. The molecular formula is C20H20N6S. The number of nitrogens with one attached hydrogen (secondary N) is 2. The first-order valence-electron chi connectivity index (χ1n) is 9.27. The summed E-state index contributed by atoms with van der Waals surface area (Å²) in [6, 6.07) is 6.40. The zero-order valence-corrected chi connectivity index (χ0v) is 15.9. The number of thiophene rings is 1. The van der Waals surface area contributed by atoms with Gasteiger partial charge < -0.3 is 5.32 Å². The fourth-order valence-corrected chi connectivity index (χ4v) is 4.89. The lowest BCUT2D eigenvalue weighted by Crippen LogP contribution is -2.16. The van der Waals surface area contributed by atoms with Gasteiger partial charge in [-0.2, -0.15) is 5.10 Å². The maximum Gasteiger partial charge on any atom is 0.162 e. The molecule has 0 amide bonds. The predicted molar refractivity (Wildman–Crippen MR) is 109 cm³/mol. The molecule has 0 saturated heterocycles. The van der Waals surface area contributed by atoms with Crippen molar-refractivity contribution in [1.82, 2.24) is 25.1 Å². The minimum absolute atomic E-state index is 0.492. The van der Waals surface area contributed by atoms with E-state index in [0.717, 1.165) is 43.6 Å². The van der Waals surface area contributed by atoms with Gasteiger partial charge in [0.15, 0.2) is 5.82 Å². The van der Waals surface area contributed by atoms with Crippen molar-refractivity contribution >= 4 is 27.4 Å². The molecule has 0 spiro atoms. The van der Waals surface area contributed by atoms with Crippen LogP contribution in [0.15, 0.2) is 36.8 Å². The van der Waals surface area contributed by atoms with Crippen LogP contribution < -0.4 is 5.32 Å². The van der Waals surface area contributed by atoms with E-state index in [2.05, 4.69) is 27.4 Å². The van der Waals surface area contributed by atoms with Crippen LogP contribution in [0, 0.1) is 6.92 Å². The zero-order valence-electron chi connectivity index (χ0n) is 15.1. The van der Waals surface area contributed by atoms with Crippen LogP contribution >= 0.6 is 11.3 Å². The Morgan fingerprint density at radius 2 is 1.89 bits per heavy atom. The molecule has 1 aliphatic rings. The van der Waals surface area contributed by atoms with Gasteiger partial charge >= 0.3 is 0 Å². The number of pyridine rings is 1. The van der Waals surface area contributed by atoms with Crippen molar-refractivity contribution < 1.29 is 0 Å². The van der Waals surface area contributed by atoms with Crippen LogP contribution in [-0.2, 0) is 0 Å². The second-order valence-electron chi connectivity index (χ2n) is 6.96. The quantitative estimate of drug-likeness (QED) is 0.534. The van der Waals surface area contributed by atoms with E-state index >= 15 is 0 Å². The third-order valence-electron chi connectivity index (χ3n) is 5.15. The summed E-state index contributed by atoms with van der Waals surface area (Å²) in [6.07, 6.45) is 10.3. The van der Waals surface area contributed by atoms with E-state index in [1.807, 2.05) is 18.2 Å². The van der Waals surface area contributed by atoms with Crippen molar-refractivity contribution in [1.29, 1.82) is 0 Å². The average Bonchev–Trinajstić information content (AvgIpc) is 3.45. The molecule has 1 aliphatic carbocycles. The number of hydrogen-bond donors (Lipinski definition) is 2. The molecule has 1 saturated carbocycles. The molecule has 0 atom stereocenters. The van der Waals surface area contributed by atoms with Gasteiger partial charge in [0.05, 0.1) is 20.8 Å². The summed E-state index contributed by atoms with van der Waals surface area (Å²) in [4.78, 5) is 15.1. The number of fused-ring (bicyclic) bond motifs is 1. The van der Waals surface area contributed by atoms with Gasteiger partial charge in [0.1, 0.15) is 5.82 Å². The second kappa shape index (κ2) is 6.74. The number of aromatic nitrogens is 5. The van der Waals surface area contributed by atoms with Crippen LogP contribution in [0.3, 0.4) is 0 Å². The molecule has 27 heavy (non-hydrogen) atoms. The molecule has 7 heteroatoms. The molecule has 0 radical (unpaired) electrons. The second-order valence-corrected chi connectivity index (χ2v) is 7.98. The molecule has 0 aliphatic heterocycles. The van der Waals surface area contributed by atoms with Gasteiger partial charge in [-0.05, 0) is 43.5 Å². The minimum Gasteiger partial charge on any atom is -0.366 e. The molecule has 5 rings (SSSR count). The molecule has 4 heterocycles. The van der Waals surface area contributed by atoms with Gasteiger partial charge in [0.2, 0.25) is 0 Å². The van der Waals surface area contributed by atoms with Gasteiger partial charge in [-0.25, -0.2) is 9.97 Å². The third kappa shape index (κ3) is 2.98. The van der Waals surface area contributed by atoms with Gasteiger partial charge in [-0.15, -0.1) is 11.3 Å². The van der Waals surface area contributed by atoms with Crippen LogP contribution in [0.25, 0.3) is 32.2 Å². The van der Waals surface area contributed by atoms with Crippen molar-refractivity contribution in [3.8, 4) is 22.0 Å². The number of anilines is 1. The fourth-order valence-electron chi connectivity index (χ4n) is 3.72. The molecular weight excluding hydrogens is 356 g/mol. The van der Waals surface area contributed by atoms with E-state index < -0.39 is 0 Å². The molecule has 6 nitrogen and oxygen atoms in total. The third-order valence-corrected chi connectivity index (χ3v) is 6.47. The Morgan fingerprint density at radius 3 is 2.63 bits per heavy atom. The van der Waals surface area contributed by atoms with E-state index in [4.69, 9.17) is 9.97 Å². The summed E-state index contributed by atoms with van der Waals surface area (Å²) >= 11 is 1.72. The van der Waals surface area contributed by atoms with E-state index in [0.29, 0.717) is 6.04 Å². The number of H-pyrrole nitrogens is 1. The Labute approximate surface area is 161 Å². The summed E-state index contributed by atoms with van der Waals surface area (Å²) in [6.45, 7) is 2.12. The summed E-state index contributed by atoms with van der Waals surface area (Å²) in [5, 5.41) is 10.9. The van der Waals surface area contributed by atoms with Crippen LogP contribution in [-0.4, -0.2) is 31.2 Å². The normalized spacial score (nSPS) is 14.9.